The summed E-state index contributed by atoms with van der Waals surface area (Å²) in [5.74, 6) is 3.12. The van der Waals surface area contributed by atoms with Gasteiger partial charge in [-0.1, -0.05) is 60.4 Å². The lowest BCUT2D eigenvalue weighted by molar-refractivity contribution is -0.0157. The zero-order chi connectivity index (χ0) is 19.9. The van der Waals surface area contributed by atoms with Crippen LogP contribution in [0.4, 0.5) is 0 Å². The second kappa shape index (κ2) is 11.6. The van der Waals surface area contributed by atoms with Gasteiger partial charge in [0, 0.05) is 29.3 Å². The summed E-state index contributed by atoms with van der Waals surface area (Å²) in [6.45, 7) is 6.69. The molecule has 2 aliphatic rings. The van der Waals surface area contributed by atoms with Gasteiger partial charge in [-0.2, -0.15) is 11.8 Å². The molecule has 2 heterocycles. The Morgan fingerprint density at radius 1 is 1.07 bits per heavy atom. The van der Waals surface area contributed by atoms with Gasteiger partial charge in [0.1, 0.15) is 0 Å². The Hall–Kier alpha value is 0.220. The van der Waals surface area contributed by atoms with E-state index in [1.165, 1.54) is 83.1 Å². The van der Waals surface area contributed by atoms with E-state index in [0.29, 0.717) is 12.0 Å². The summed E-state index contributed by atoms with van der Waals surface area (Å²) in [5.41, 5.74) is 5.81. The molecule has 0 amide bonds. The molecule has 0 saturated carbocycles. The van der Waals surface area contributed by atoms with Gasteiger partial charge in [0.25, 0.3) is 0 Å². The molecule has 1 aromatic carbocycles. The van der Waals surface area contributed by atoms with Crippen LogP contribution in [0, 0.1) is 19.8 Å². The van der Waals surface area contributed by atoms with Gasteiger partial charge < -0.3 is 5.11 Å². The molecular weight excluding hydrogens is 477 g/mol. The normalized spacial score (nSPS) is 24.8. The fourth-order valence-electron chi connectivity index (χ4n) is 4.96. The fraction of sp³-hybridized carbons (Fsp3) is 0.750. The van der Waals surface area contributed by atoms with E-state index >= 15 is 0 Å². The highest BCUT2D eigenvalue weighted by Gasteiger charge is 2.37. The molecule has 28 heavy (non-hydrogen) atoms. The molecule has 0 aromatic heterocycles. The topological polar surface area (TPSA) is 23.5 Å². The van der Waals surface area contributed by atoms with E-state index in [2.05, 4.69) is 65.2 Å². The van der Waals surface area contributed by atoms with Gasteiger partial charge in [-0.05, 0) is 73.5 Å². The van der Waals surface area contributed by atoms with Crippen molar-refractivity contribution in [2.45, 2.75) is 77.4 Å². The molecule has 0 spiro atoms. The number of thioether (sulfide) groups is 1. The van der Waals surface area contributed by atoms with Crippen molar-refractivity contribution in [2.24, 2.45) is 5.92 Å². The molecule has 3 rings (SSSR count). The number of benzene rings is 1. The van der Waals surface area contributed by atoms with Crippen molar-refractivity contribution in [2.75, 3.05) is 29.0 Å². The van der Waals surface area contributed by atoms with E-state index in [-0.39, 0.29) is 6.10 Å². The Labute approximate surface area is 190 Å². The molecule has 3 atom stereocenters. The Kier molecular flexibility index (Phi) is 9.46. The smallest absolute Gasteiger partial charge is 0.0598 e. The summed E-state index contributed by atoms with van der Waals surface area (Å²) in [6, 6.07) is 5.22. The van der Waals surface area contributed by atoms with E-state index in [1.54, 1.807) is 0 Å². The lowest BCUT2D eigenvalue weighted by atomic mass is 9.79. The molecule has 0 aliphatic carbocycles. The molecule has 0 unspecified atom stereocenters. The number of aliphatic hydroxyl groups is 1. The third kappa shape index (κ3) is 6.12. The average Bonchev–Trinajstić information content (AvgIpc) is 2.68. The highest BCUT2D eigenvalue weighted by Crippen LogP contribution is 2.40. The lowest BCUT2D eigenvalue weighted by Crippen LogP contribution is -2.48. The first kappa shape index (κ1) is 22.9. The highest BCUT2D eigenvalue weighted by molar-refractivity contribution is 14.1. The van der Waals surface area contributed by atoms with Crippen molar-refractivity contribution < 1.29 is 5.11 Å². The van der Waals surface area contributed by atoms with Crippen molar-refractivity contribution in [3.05, 3.63) is 34.4 Å². The van der Waals surface area contributed by atoms with Crippen LogP contribution in [-0.4, -0.2) is 45.1 Å². The molecule has 4 heteroatoms. The number of fused-ring (bicyclic) bond motifs is 3. The molecule has 1 N–H and O–H groups in total. The number of rotatable bonds is 10. The summed E-state index contributed by atoms with van der Waals surface area (Å²) in [5, 5.41) is 10.9. The molecule has 1 saturated heterocycles. The zero-order valence-corrected chi connectivity index (χ0v) is 20.7. The van der Waals surface area contributed by atoms with Gasteiger partial charge in [-0.15, -0.1) is 0 Å². The van der Waals surface area contributed by atoms with Crippen LogP contribution in [-0.2, 0) is 6.42 Å². The fourth-order valence-corrected chi connectivity index (χ4v) is 6.62. The van der Waals surface area contributed by atoms with Gasteiger partial charge in [0.15, 0.2) is 0 Å². The first-order valence-electron chi connectivity index (χ1n) is 11.3. The molecule has 158 valence electrons. The summed E-state index contributed by atoms with van der Waals surface area (Å²) < 4.78 is 1.27. The maximum atomic E-state index is 10.9. The largest absolute Gasteiger partial charge is 0.393 e. The quantitative estimate of drug-likeness (QED) is 0.232. The molecule has 2 nitrogen and oxygen atoms in total. The number of piperidine rings is 1. The van der Waals surface area contributed by atoms with Gasteiger partial charge in [-0.25, -0.2) is 0 Å². The van der Waals surface area contributed by atoms with Crippen LogP contribution in [0.5, 0.6) is 0 Å². The summed E-state index contributed by atoms with van der Waals surface area (Å²) >= 11 is 4.56. The number of hydrogen-bond acceptors (Lipinski definition) is 3. The number of aliphatic hydroxyl groups excluding tert-OH is 1. The predicted molar refractivity (Wildman–Crippen MR) is 132 cm³/mol. The zero-order valence-electron chi connectivity index (χ0n) is 17.8. The summed E-state index contributed by atoms with van der Waals surface area (Å²) in [7, 11) is 0. The Morgan fingerprint density at radius 2 is 1.82 bits per heavy atom. The molecular formula is C24H38INOS. The van der Waals surface area contributed by atoms with Crippen molar-refractivity contribution >= 4 is 34.4 Å². The van der Waals surface area contributed by atoms with E-state index in [0.717, 1.165) is 19.5 Å². The molecule has 0 bridgehead atoms. The molecule has 2 aliphatic heterocycles. The molecule has 0 radical (unpaired) electrons. The maximum Gasteiger partial charge on any atom is 0.0598 e. The van der Waals surface area contributed by atoms with Crippen LogP contribution in [0.25, 0.3) is 0 Å². The second-order valence-electron chi connectivity index (χ2n) is 8.82. The summed E-state index contributed by atoms with van der Waals surface area (Å²) in [4.78, 5) is 2.67. The number of halogens is 1. The van der Waals surface area contributed by atoms with E-state index < -0.39 is 0 Å². The monoisotopic (exact) mass is 515 g/mol. The number of aryl methyl sites for hydroxylation is 2. The third-order valence-corrected chi connectivity index (χ3v) is 9.13. The van der Waals surface area contributed by atoms with Crippen molar-refractivity contribution in [1.82, 2.24) is 4.90 Å². The summed E-state index contributed by atoms with van der Waals surface area (Å²) in [6.07, 6.45) is 9.92. The number of alkyl halides is 1. The van der Waals surface area contributed by atoms with Crippen LogP contribution in [0.2, 0.25) is 0 Å². The first-order chi connectivity index (χ1) is 13.6. The standard InChI is InChI=1S/C24H38INOS/c1-18-14-20-9-11-26-17-21(8-6-4-3-5-7-12-28-13-10-25)24(27)16-23(26)22(20)15-19(18)2/h14-15,21,23-24,27H,3-13,16-17H2,1-2H3/t21-,23-,24-/m0/s1. The number of unbranched alkanes of at least 4 members (excludes halogenated alkanes) is 4. The third-order valence-electron chi connectivity index (χ3n) is 6.79. The number of hydrogen-bond donors (Lipinski definition) is 1. The van der Waals surface area contributed by atoms with Gasteiger partial charge in [0.2, 0.25) is 0 Å². The van der Waals surface area contributed by atoms with Crippen LogP contribution in [0.1, 0.15) is 73.2 Å². The highest BCUT2D eigenvalue weighted by atomic mass is 127. The van der Waals surface area contributed by atoms with Crippen molar-refractivity contribution in [1.29, 1.82) is 0 Å². The lowest BCUT2D eigenvalue weighted by Gasteiger charge is -2.46. The van der Waals surface area contributed by atoms with Crippen LogP contribution < -0.4 is 0 Å². The van der Waals surface area contributed by atoms with Crippen LogP contribution in [0.15, 0.2) is 12.1 Å². The van der Waals surface area contributed by atoms with Crippen LogP contribution >= 0.6 is 34.4 Å². The minimum absolute atomic E-state index is 0.126. The van der Waals surface area contributed by atoms with Crippen molar-refractivity contribution in [3.63, 3.8) is 0 Å². The number of nitrogens with zero attached hydrogens (tertiary/aromatic N) is 1. The van der Waals surface area contributed by atoms with E-state index in [1.807, 2.05) is 0 Å². The maximum absolute atomic E-state index is 10.9. The van der Waals surface area contributed by atoms with E-state index in [9.17, 15) is 5.11 Å². The average molecular weight is 516 g/mol. The van der Waals surface area contributed by atoms with Gasteiger partial charge >= 0.3 is 0 Å². The molecule has 1 aromatic rings. The van der Waals surface area contributed by atoms with Crippen molar-refractivity contribution in [3.8, 4) is 0 Å². The Morgan fingerprint density at radius 3 is 2.64 bits per heavy atom. The minimum Gasteiger partial charge on any atom is -0.393 e. The Balaban J connectivity index is 1.41. The minimum atomic E-state index is -0.126. The predicted octanol–water partition coefficient (Wildman–Crippen LogP) is 6.09. The molecule has 1 fully saturated rings. The van der Waals surface area contributed by atoms with Gasteiger partial charge in [-0.3, -0.25) is 4.90 Å². The second-order valence-corrected chi connectivity index (χ2v) is 11.1. The Bertz CT molecular complexity index is 623. The van der Waals surface area contributed by atoms with Gasteiger partial charge in [0.05, 0.1) is 6.10 Å². The SMILES string of the molecule is Cc1cc2c(cc1C)[C@@H]1C[C@H](O)[C@@H](CCCCCCCSCCI)CN1CC2. The first-order valence-corrected chi connectivity index (χ1v) is 13.9. The van der Waals surface area contributed by atoms with E-state index in [4.69, 9.17) is 0 Å². The van der Waals surface area contributed by atoms with Crippen LogP contribution in [0.3, 0.4) is 0 Å².